The van der Waals surface area contributed by atoms with Crippen molar-refractivity contribution in [1.82, 2.24) is 0 Å². The molecule has 1 aliphatic carbocycles. The monoisotopic (exact) mass is 636 g/mol. The van der Waals surface area contributed by atoms with Crippen LogP contribution in [0.5, 0.6) is 5.75 Å². The highest BCUT2D eigenvalue weighted by Crippen LogP contribution is 2.45. The summed E-state index contributed by atoms with van der Waals surface area (Å²) in [5.74, 6) is -7.96. The molecule has 2 fully saturated rings. The molecule has 2 aliphatic rings. The molecule has 0 atom stereocenters. The summed E-state index contributed by atoms with van der Waals surface area (Å²) in [6.07, 6.45) is 3.34. The van der Waals surface area contributed by atoms with Gasteiger partial charge in [-0.25, -0.2) is 17.6 Å². The van der Waals surface area contributed by atoms with Gasteiger partial charge in [0.1, 0.15) is 11.6 Å². The Kier molecular flexibility index (Phi) is 9.87. The van der Waals surface area contributed by atoms with E-state index in [0.717, 1.165) is 56.2 Å². The highest BCUT2D eigenvalue weighted by molar-refractivity contribution is 5.65. The zero-order valence-electron chi connectivity index (χ0n) is 25.4. The van der Waals surface area contributed by atoms with E-state index in [1.807, 2.05) is 0 Å². The van der Waals surface area contributed by atoms with Crippen LogP contribution in [0.2, 0.25) is 0 Å². The van der Waals surface area contributed by atoms with Crippen molar-refractivity contribution in [3.05, 3.63) is 89.0 Å². The predicted molar refractivity (Wildman–Crippen MR) is 156 cm³/mol. The maximum atomic E-state index is 15.0. The van der Waals surface area contributed by atoms with Crippen LogP contribution in [0.1, 0.15) is 82.3 Å². The molecule has 3 aromatic carbocycles. The second kappa shape index (κ2) is 13.3. The van der Waals surface area contributed by atoms with E-state index in [2.05, 4.69) is 13.8 Å². The lowest BCUT2D eigenvalue weighted by molar-refractivity contribution is -0.427. The molecule has 0 amide bonds. The average molecular weight is 637 g/mol. The summed E-state index contributed by atoms with van der Waals surface area (Å²) in [5, 5.41) is 11.1. The zero-order valence-corrected chi connectivity index (χ0v) is 25.4. The summed E-state index contributed by atoms with van der Waals surface area (Å²) in [5.41, 5.74) is -0.275. The number of rotatable bonds is 10. The van der Waals surface area contributed by atoms with Crippen molar-refractivity contribution in [1.29, 1.82) is 0 Å². The van der Waals surface area contributed by atoms with Gasteiger partial charge in [0.15, 0.2) is 17.5 Å². The van der Waals surface area contributed by atoms with Crippen molar-refractivity contribution in [2.24, 2.45) is 11.3 Å². The summed E-state index contributed by atoms with van der Waals surface area (Å²) < 4.78 is 102. The molecule has 0 unspecified atom stereocenters. The smallest absolute Gasteiger partial charge is 0.426 e. The van der Waals surface area contributed by atoms with Crippen LogP contribution in [0.25, 0.3) is 11.1 Å². The van der Waals surface area contributed by atoms with Crippen LogP contribution in [0.15, 0.2) is 54.6 Å². The average Bonchev–Trinajstić information content (AvgIpc) is 3.01. The Morgan fingerprint density at radius 2 is 1.47 bits per heavy atom. The van der Waals surface area contributed by atoms with Gasteiger partial charge in [0.2, 0.25) is 0 Å². The highest BCUT2D eigenvalue weighted by Gasteiger charge is 2.47. The SMILES string of the molecule is CCCCCC1(C)COC(O)(C2CCC(c3ccc(C(F)(F)Oc4ccc(-c5cc(F)c(F)c(F)c5)c(F)c4)cc3)CC2)OC1. The van der Waals surface area contributed by atoms with E-state index in [4.69, 9.17) is 14.2 Å². The second-order valence-electron chi connectivity index (χ2n) is 12.7. The van der Waals surface area contributed by atoms with Gasteiger partial charge in [-0.1, -0.05) is 45.2 Å². The maximum absolute atomic E-state index is 15.0. The molecular weight excluding hydrogens is 598 g/mol. The molecule has 10 heteroatoms. The predicted octanol–water partition coefficient (Wildman–Crippen LogP) is 9.59. The van der Waals surface area contributed by atoms with E-state index < -0.39 is 46.7 Å². The maximum Gasteiger partial charge on any atom is 0.426 e. The summed E-state index contributed by atoms with van der Waals surface area (Å²) in [6, 6.07) is 9.72. The van der Waals surface area contributed by atoms with Crippen molar-refractivity contribution in [3.8, 4) is 16.9 Å². The van der Waals surface area contributed by atoms with Gasteiger partial charge in [0.05, 0.1) is 18.8 Å². The van der Waals surface area contributed by atoms with Crippen LogP contribution in [-0.2, 0) is 15.6 Å². The summed E-state index contributed by atoms with van der Waals surface area (Å²) >= 11 is 0. The molecule has 1 saturated heterocycles. The van der Waals surface area contributed by atoms with E-state index in [0.29, 0.717) is 44.3 Å². The third kappa shape index (κ3) is 7.50. The van der Waals surface area contributed by atoms with E-state index in [1.54, 1.807) is 12.1 Å². The third-order valence-electron chi connectivity index (χ3n) is 9.08. The first kappa shape index (κ1) is 33.3. The molecule has 1 heterocycles. The topological polar surface area (TPSA) is 47.9 Å². The number of hydrogen-bond donors (Lipinski definition) is 1. The van der Waals surface area contributed by atoms with Crippen molar-refractivity contribution in [2.75, 3.05) is 13.2 Å². The Labute approximate surface area is 259 Å². The molecule has 0 radical (unpaired) electrons. The van der Waals surface area contributed by atoms with Crippen LogP contribution >= 0.6 is 0 Å². The number of aliphatic hydroxyl groups is 1. The lowest BCUT2D eigenvalue weighted by Crippen LogP contribution is -2.53. The highest BCUT2D eigenvalue weighted by atomic mass is 19.3. The number of hydrogen-bond acceptors (Lipinski definition) is 4. The minimum absolute atomic E-state index is 0.110. The fraction of sp³-hybridized carbons (Fsp3) is 0.486. The van der Waals surface area contributed by atoms with Crippen molar-refractivity contribution >= 4 is 0 Å². The number of alkyl halides is 2. The first-order valence-corrected chi connectivity index (χ1v) is 15.4. The molecule has 45 heavy (non-hydrogen) atoms. The molecule has 4 nitrogen and oxygen atoms in total. The Morgan fingerprint density at radius 3 is 2.04 bits per heavy atom. The first-order valence-electron chi connectivity index (χ1n) is 15.4. The molecule has 0 bridgehead atoms. The van der Waals surface area contributed by atoms with Crippen molar-refractivity contribution < 1.29 is 45.7 Å². The Hall–Kier alpha value is -3.08. The summed E-state index contributed by atoms with van der Waals surface area (Å²) in [7, 11) is 0. The molecule has 0 spiro atoms. The van der Waals surface area contributed by atoms with Gasteiger partial charge in [0, 0.05) is 23.0 Å². The second-order valence-corrected chi connectivity index (χ2v) is 12.7. The molecule has 0 aromatic heterocycles. The minimum Gasteiger partial charge on any atom is -0.429 e. The van der Waals surface area contributed by atoms with Crippen molar-refractivity contribution in [2.45, 2.75) is 83.2 Å². The van der Waals surface area contributed by atoms with Crippen LogP contribution in [0.3, 0.4) is 0 Å². The number of ether oxygens (including phenoxy) is 3. The van der Waals surface area contributed by atoms with Gasteiger partial charge < -0.3 is 19.3 Å². The molecule has 5 rings (SSSR count). The first-order chi connectivity index (χ1) is 21.3. The van der Waals surface area contributed by atoms with E-state index in [1.165, 1.54) is 12.1 Å². The van der Waals surface area contributed by atoms with Gasteiger partial charge in [-0.05, 0) is 85.5 Å². The minimum atomic E-state index is -3.80. The van der Waals surface area contributed by atoms with Gasteiger partial charge in [-0.2, -0.15) is 8.78 Å². The number of benzene rings is 3. The fourth-order valence-electron chi connectivity index (χ4n) is 6.27. The number of halogens is 6. The Balaban J connectivity index is 1.17. The fourth-order valence-corrected chi connectivity index (χ4v) is 6.27. The summed E-state index contributed by atoms with van der Waals surface area (Å²) in [4.78, 5) is 0. The molecule has 1 saturated carbocycles. The van der Waals surface area contributed by atoms with E-state index >= 15 is 8.78 Å². The lowest BCUT2D eigenvalue weighted by Gasteiger charge is -2.46. The Morgan fingerprint density at radius 1 is 0.844 bits per heavy atom. The normalized spacial score (nSPS) is 25.7. The number of unbranched alkanes of at least 4 members (excludes halogenated alkanes) is 2. The quantitative estimate of drug-likeness (QED) is 0.137. The van der Waals surface area contributed by atoms with Crippen LogP contribution in [0, 0.1) is 34.6 Å². The van der Waals surface area contributed by atoms with Crippen LogP contribution < -0.4 is 4.74 Å². The standard InChI is InChI=1S/C35H38F6O4/c1-3-4-5-16-33(2)20-43-35(42,44-21-33)26-12-8-23(9-13-26)22-6-10-25(11-7-22)34(40,41)45-27-14-15-28(29(36)19-27)24-17-30(37)32(39)31(38)18-24/h6-7,10-11,14-15,17-19,23,26,42H,3-5,8-9,12-13,16,20-21H2,1-2H3. The zero-order chi connectivity index (χ0) is 32.4. The third-order valence-corrected chi connectivity index (χ3v) is 9.08. The molecule has 3 aromatic rings. The van der Waals surface area contributed by atoms with E-state index in [-0.39, 0.29) is 28.4 Å². The van der Waals surface area contributed by atoms with Crippen molar-refractivity contribution in [3.63, 3.8) is 0 Å². The lowest BCUT2D eigenvalue weighted by atomic mass is 9.77. The Bertz CT molecular complexity index is 1440. The van der Waals surface area contributed by atoms with Gasteiger partial charge in [-0.15, -0.1) is 0 Å². The van der Waals surface area contributed by atoms with Crippen LogP contribution in [-0.4, -0.2) is 24.3 Å². The van der Waals surface area contributed by atoms with Gasteiger partial charge in [0.25, 0.3) is 5.97 Å². The van der Waals surface area contributed by atoms with Gasteiger partial charge in [-0.3, -0.25) is 0 Å². The van der Waals surface area contributed by atoms with Gasteiger partial charge >= 0.3 is 6.11 Å². The van der Waals surface area contributed by atoms with Crippen LogP contribution in [0.4, 0.5) is 26.3 Å². The largest absolute Gasteiger partial charge is 0.429 e. The molecule has 1 N–H and O–H groups in total. The molecule has 1 aliphatic heterocycles. The summed E-state index contributed by atoms with van der Waals surface area (Å²) in [6.45, 7) is 5.16. The molecule has 244 valence electrons. The van der Waals surface area contributed by atoms with E-state index in [9.17, 15) is 22.7 Å². The molecular formula is C35H38F6O4.